The number of hydrogen-bond acceptors (Lipinski definition) is 5. The van der Waals surface area contributed by atoms with Crippen molar-refractivity contribution in [2.24, 2.45) is 0 Å². The van der Waals surface area contributed by atoms with Crippen molar-refractivity contribution < 1.29 is 19.2 Å². The quantitative estimate of drug-likeness (QED) is 0.638. The smallest absolute Gasteiger partial charge is 0.354 e. The number of hydrogen-bond donors (Lipinski definition) is 4. The van der Waals surface area contributed by atoms with Crippen molar-refractivity contribution in [2.75, 3.05) is 11.9 Å². The van der Waals surface area contributed by atoms with Crippen LogP contribution in [0, 0.1) is 6.92 Å². The van der Waals surface area contributed by atoms with E-state index in [2.05, 4.69) is 30.3 Å². The van der Waals surface area contributed by atoms with E-state index < -0.39 is 12.0 Å². The summed E-state index contributed by atoms with van der Waals surface area (Å²) in [5.74, 6) is -0.658. The van der Waals surface area contributed by atoms with Crippen LogP contribution in [0.5, 0.6) is 0 Å². The van der Waals surface area contributed by atoms with E-state index in [4.69, 9.17) is 5.11 Å². The van der Waals surface area contributed by atoms with Gasteiger partial charge in [-0.2, -0.15) is 4.98 Å². The molecule has 0 fully saturated rings. The Morgan fingerprint density at radius 1 is 1.50 bits per heavy atom. The Labute approximate surface area is 113 Å². The molecule has 2 heterocycles. The Balaban J connectivity index is 1.86. The molecule has 0 unspecified atom stereocenters. The molecule has 106 valence electrons. The van der Waals surface area contributed by atoms with E-state index in [9.17, 15) is 9.59 Å². The number of H-pyrrole nitrogens is 1. The number of aromatic nitrogens is 3. The average Bonchev–Trinajstić information content (AvgIpc) is 2.99. The van der Waals surface area contributed by atoms with Crippen molar-refractivity contribution in [3.05, 3.63) is 29.7 Å². The number of aromatic carboxylic acids is 1. The minimum Gasteiger partial charge on any atom is -0.477 e. The van der Waals surface area contributed by atoms with Gasteiger partial charge in [0.05, 0.1) is 5.69 Å². The Morgan fingerprint density at radius 3 is 2.95 bits per heavy atom. The van der Waals surface area contributed by atoms with Gasteiger partial charge in [0, 0.05) is 18.7 Å². The van der Waals surface area contributed by atoms with Gasteiger partial charge < -0.3 is 25.2 Å². The van der Waals surface area contributed by atoms with E-state index in [1.807, 2.05) is 0 Å². The van der Waals surface area contributed by atoms with Gasteiger partial charge >= 0.3 is 12.0 Å². The van der Waals surface area contributed by atoms with Crippen LogP contribution < -0.4 is 10.6 Å². The van der Waals surface area contributed by atoms with Crippen LogP contribution in [0.2, 0.25) is 0 Å². The first-order valence-corrected chi connectivity index (χ1v) is 5.79. The fraction of sp³-hybridized carbons (Fsp3) is 0.273. The maximum absolute atomic E-state index is 11.6. The second-order valence-corrected chi connectivity index (χ2v) is 4.02. The number of nitrogens with zero attached hydrogens (tertiary/aromatic N) is 2. The molecule has 9 heteroatoms. The zero-order valence-corrected chi connectivity index (χ0v) is 10.6. The first-order chi connectivity index (χ1) is 9.56. The topological polar surface area (TPSA) is 133 Å². The molecule has 4 N–H and O–H groups in total. The number of carbonyl (C=O) groups excluding carboxylic acids is 1. The minimum absolute atomic E-state index is 0.0594. The highest BCUT2D eigenvalue weighted by molar-refractivity contribution is 5.99. The number of carboxylic acid groups (broad SMARTS) is 1. The summed E-state index contributed by atoms with van der Waals surface area (Å²) in [7, 11) is 0. The van der Waals surface area contributed by atoms with Crippen LogP contribution >= 0.6 is 0 Å². The monoisotopic (exact) mass is 279 g/mol. The fourth-order valence-electron chi connectivity index (χ4n) is 1.61. The summed E-state index contributed by atoms with van der Waals surface area (Å²) >= 11 is 0. The molecule has 0 bridgehead atoms. The van der Waals surface area contributed by atoms with Crippen LogP contribution in [0.1, 0.15) is 22.0 Å². The molecule has 0 aliphatic carbocycles. The second-order valence-electron chi connectivity index (χ2n) is 4.02. The normalized spacial score (nSPS) is 10.2. The molecule has 0 aliphatic rings. The van der Waals surface area contributed by atoms with Crippen LogP contribution in [0.15, 0.2) is 17.0 Å². The van der Waals surface area contributed by atoms with Gasteiger partial charge in [0.25, 0.3) is 0 Å². The number of aryl methyl sites for hydroxylation is 1. The van der Waals surface area contributed by atoms with E-state index in [1.165, 1.54) is 6.39 Å². The van der Waals surface area contributed by atoms with Crippen LogP contribution in [0.4, 0.5) is 10.5 Å². The predicted molar refractivity (Wildman–Crippen MR) is 67.5 cm³/mol. The van der Waals surface area contributed by atoms with Crippen molar-refractivity contribution >= 4 is 17.7 Å². The molecular formula is C11H13N5O4. The summed E-state index contributed by atoms with van der Waals surface area (Å²) in [6.07, 6.45) is 1.62. The zero-order chi connectivity index (χ0) is 14.5. The third kappa shape index (κ3) is 3.34. The van der Waals surface area contributed by atoms with Gasteiger partial charge in [-0.3, -0.25) is 0 Å². The van der Waals surface area contributed by atoms with Crippen molar-refractivity contribution in [1.29, 1.82) is 0 Å². The lowest BCUT2D eigenvalue weighted by Crippen LogP contribution is -2.31. The molecule has 0 saturated heterocycles. The van der Waals surface area contributed by atoms with Crippen molar-refractivity contribution in [3.8, 4) is 0 Å². The number of anilines is 1. The highest BCUT2D eigenvalue weighted by Gasteiger charge is 2.15. The van der Waals surface area contributed by atoms with E-state index in [-0.39, 0.29) is 11.4 Å². The van der Waals surface area contributed by atoms with Crippen LogP contribution in [0.25, 0.3) is 0 Å². The molecule has 2 aromatic heterocycles. The van der Waals surface area contributed by atoms with E-state index >= 15 is 0 Å². The Hall–Kier alpha value is -2.84. The molecular weight excluding hydrogens is 266 g/mol. The maximum Gasteiger partial charge on any atom is 0.354 e. The Morgan fingerprint density at radius 2 is 2.30 bits per heavy atom. The van der Waals surface area contributed by atoms with Gasteiger partial charge in [-0.1, -0.05) is 5.16 Å². The molecule has 20 heavy (non-hydrogen) atoms. The highest BCUT2D eigenvalue weighted by Crippen LogP contribution is 2.16. The Bertz CT molecular complexity index is 604. The summed E-state index contributed by atoms with van der Waals surface area (Å²) in [6.45, 7) is 2.00. The van der Waals surface area contributed by atoms with Crippen LogP contribution in [-0.2, 0) is 6.42 Å². The summed E-state index contributed by atoms with van der Waals surface area (Å²) in [4.78, 5) is 29.0. The lowest BCUT2D eigenvalue weighted by Gasteiger charge is -2.05. The van der Waals surface area contributed by atoms with E-state index in [0.29, 0.717) is 24.5 Å². The van der Waals surface area contributed by atoms with Crippen molar-refractivity contribution in [2.45, 2.75) is 13.3 Å². The number of rotatable bonds is 5. The van der Waals surface area contributed by atoms with Gasteiger partial charge in [-0.05, 0) is 13.0 Å². The molecule has 2 amide bonds. The molecule has 9 nitrogen and oxygen atoms in total. The second kappa shape index (κ2) is 5.87. The summed E-state index contributed by atoms with van der Waals surface area (Å²) < 4.78 is 4.55. The molecule has 0 aromatic carbocycles. The standard InChI is InChI=1S/C11H13N5O4/c1-6-4-7(9(14-6)10(17)18)15-11(19)12-3-2-8-13-5-20-16-8/h4-5,14H,2-3H2,1H3,(H,17,18)(H2,12,15,19). The predicted octanol–water partition coefficient (Wildman–Crippen LogP) is 0.769. The number of amides is 2. The molecule has 0 saturated carbocycles. The highest BCUT2D eigenvalue weighted by atomic mass is 16.5. The molecule has 2 aromatic rings. The SMILES string of the molecule is Cc1cc(NC(=O)NCCc2ncon2)c(C(=O)O)[nH]1. The third-order valence-corrected chi connectivity index (χ3v) is 2.46. The Kier molecular flexibility index (Phi) is 3.99. The first kappa shape index (κ1) is 13.6. The van der Waals surface area contributed by atoms with Crippen LogP contribution in [-0.4, -0.2) is 38.8 Å². The molecule has 0 spiro atoms. The largest absolute Gasteiger partial charge is 0.477 e. The van der Waals surface area contributed by atoms with Gasteiger partial charge in [-0.15, -0.1) is 0 Å². The number of carboxylic acids is 1. The molecule has 0 radical (unpaired) electrons. The number of aromatic amines is 1. The van der Waals surface area contributed by atoms with E-state index in [0.717, 1.165) is 0 Å². The minimum atomic E-state index is -1.14. The number of urea groups is 1. The van der Waals surface area contributed by atoms with Crippen molar-refractivity contribution in [1.82, 2.24) is 20.4 Å². The number of nitrogens with one attached hydrogen (secondary N) is 3. The van der Waals surface area contributed by atoms with Gasteiger partial charge in [-0.25, -0.2) is 9.59 Å². The number of carbonyl (C=O) groups is 2. The first-order valence-electron chi connectivity index (χ1n) is 5.79. The van der Waals surface area contributed by atoms with Crippen molar-refractivity contribution in [3.63, 3.8) is 0 Å². The van der Waals surface area contributed by atoms with Gasteiger partial charge in [0.15, 0.2) is 5.82 Å². The lowest BCUT2D eigenvalue weighted by atomic mass is 10.3. The maximum atomic E-state index is 11.6. The molecule has 2 rings (SSSR count). The molecule has 0 aliphatic heterocycles. The fourth-order valence-corrected chi connectivity index (χ4v) is 1.61. The zero-order valence-electron chi connectivity index (χ0n) is 10.6. The third-order valence-electron chi connectivity index (χ3n) is 2.46. The average molecular weight is 279 g/mol. The van der Waals surface area contributed by atoms with Gasteiger partial charge in [0.2, 0.25) is 6.39 Å². The van der Waals surface area contributed by atoms with Gasteiger partial charge in [0.1, 0.15) is 5.69 Å². The lowest BCUT2D eigenvalue weighted by molar-refractivity contribution is 0.0692. The van der Waals surface area contributed by atoms with E-state index in [1.54, 1.807) is 13.0 Å². The summed E-state index contributed by atoms with van der Waals surface area (Å²) in [6, 6.07) is 1.04. The summed E-state index contributed by atoms with van der Waals surface area (Å²) in [5, 5.41) is 17.6. The molecule has 0 atom stereocenters. The van der Waals surface area contributed by atoms with Crippen LogP contribution in [0.3, 0.4) is 0 Å². The summed E-state index contributed by atoms with van der Waals surface area (Å²) in [5.41, 5.74) is 0.798.